The van der Waals surface area contributed by atoms with Crippen LogP contribution in [0.2, 0.25) is 0 Å². The lowest BCUT2D eigenvalue weighted by Gasteiger charge is -2.13. The molecule has 0 bridgehead atoms. The molecule has 0 amide bonds. The molecule has 0 spiro atoms. The zero-order valence-corrected chi connectivity index (χ0v) is 6.43. The normalized spacial score (nSPS) is 22.7. The Kier molecular flexibility index (Phi) is 2.12. The lowest BCUT2D eigenvalue weighted by atomic mass is 10.00. The van der Waals surface area contributed by atoms with Crippen molar-refractivity contribution in [2.75, 3.05) is 0 Å². The molecule has 1 rings (SSSR count). The highest BCUT2D eigenvalue weighted by molar-refractivity contribution is 4.79. The molecular weight excluding hydrogens is 110 g/mol. The van der Waals surface area contributed by atoms with Gasteiger partial charge in [-0.3, -0.25) is 0 Å². The second kappa shape index (κ2) is 2.70. The van der Waals surface area contributed by atoms with E-state index in [0.717, 1.165) is 5.92 Å². The fourth-order valence-electron chi connectivity index (χ4n) is 1.01. The van der Waals surface area contributed by atoms with Crippen molar-refractivity contribution in [2.45, 2.75) is 39.2 Å². The molecule has 9 heavy (non-hydrogen) atoms. The summed E-state index contributed by atoms with van der Waals surface area (Å²) in [6.45, 7) is 4.40. The molecule has 1 saturated carbocycles. The van der Waals surface area contributed by atoms with Crippen LogP contribution in [0, 0.1) is 11.8 Å². The molecule has 0 heterocycles. The van der Waals surface area contributed by atoms with Crippen LogP contribution < -0.4 is 5.73 Å². The molecule has 0 aliphatic heterocycles. The molecular formula is C8H17N. The highest BCUT2D eigenvalue weighted by Crippen LogP contribution is 2.34. The van der Waals surface area contributed by atoms with Crippen molar-refractivity contribution in [3.05, 3.63) is 0 Å². The van der Waals surface area contributed by atoms with Gasteiger partial charge in [-0.25, -0.2) is 0 Å². The first-order chi connectivity index (χ1) is 4.20. The summed E-state index contributed by atoms with van der Waals surface area (Å²) in [5.74, 6) is 1.66. The maximum absolute atomic E-state index is 5.86. The van der Waals surface area contributed by atoms with Gasteiger partial charge in [0.15, 0.2) is 0 Å². The van der Waals surface area contributed by atoms with E-state index in [9.17, 15) is 0 Å². The second-order valence-electron chi connectivity index (χ2n) is 3.59. The van der Waals surface area contributed by atoms with Gasteiger partial charge in [0, 0.05) is 6.04 Å². The molecule has 2 N–H and O–H groups in total. The van der Waals surface area contributed by atoms with Crippen LogP contribution in [0.15, 0.2) is 0 Å². The highest BCUT2D eigenvalue weighted by Gasteiger charge is 2.24. The van der Waals surface area contributed by atoms with Crippen LogP contribution in [0.5, 0.6) is 0 Å². The third-order valence-corrected chi connectivity index (χ3v) is 2.16. The van der Waals surface area contributed by atoms with E-state index < -0.39 is 0 Å². The topological polar surface area (TPSA) is 26.0 Å². The summed E-state index contributed by atoms with van der Waals surface area (Å²) in [6, 6.07) is 0.456. The Bertz CT molecular complexity index is 84.6. The average molecular weight is 127 g/mol. The molecule has 0 aromatic carbocycles. The fraction of sp³-hybridized carbons (Fsp3) is 1.00. The van der Waals surface area contributed by atoms with E-state index in [1.165, 1.54) is 19.3 Å². The predicted octanol–water partition coefficient (Wildman–Crippen LogP) is 1.77. The fourth-order valence-corrected chi connectivity index (χ4v) is 1.01. The largest absolute Gasteiger partial charge is 0.327 e. The Morgan fingerprint density at radius 2 is 2.00 bits per heavy atom. The quantitative estimate of drug-likeness (QED) is 0.614. The lowest BCUT2D eigenvalue weighted by Crippen LogP contribution is -2.26. The van der Waals surface area contributed by atoms with Gasteiger partial charge in [0.25, 0.3) is 0 Å². The SMILES string of the molecule is CC(C)[C@@H](N)CC1CC1. The summed E-state index contributed by atoms with van der Waals surface area (Å²) in [4.78, 5) is 0. The minimum atomic E-state index is 0.456. The van der Waals surface area contributed by atoms with Gasteiger partial charge in [0.05, 0.1) is 0 Å². The van der Waals surface area contributed by atoms with Crippen molar-refractivity contribution < 1.29 is 0 Å². The number of hydrogen-bond acceptors (Lipinski definition) is 1. The first-order valence-electron chi connectivity index (χ1n) is 3.95. The summed E-state index contributed by atoms with van der Waals surface area (Å²) in [5.41, 5.74) is 5.86. The molecule has 1 aliphatic carbocycles. The summed E-state index contributed by atoms with van der Waals surface area (Å²) in [7, 11) is 0. The van der Waals surface area contributed by atoms with Crippen molar-refractivity contribution in [2.24, 2.45) is 17.6 Å². The van der Waals surface area contributed by atoms with Gasteiger partial charge in [0.2, 0.25) is 0 Å². The van der Waals surface area contributed by atoms with Gasteiger partial charge >= 0.3 is 0 Å². The molecule has 0 saturated heterocycles. The molecule has 0 unspecified atom stereocenters. The minimum absolute atomic E-state index is 0.456. The Morgan fingerprint density at radius 1 is 1.44 bits per heavy atom. The Hall–Kier alpha value is -0.0400. The van der Waals surface area contributed by atoms with Gasteiger partial charge in [-0.2, -0.15) is 0 Å². The Labute approximate surface area is 57.6 Å². The van der Waals surface area contributed by atoms with E-state index in [2.05, 4.69) is 13.8 Å². The van der Waals surface area contributed by atoms with Crippen LogP contribution in [0.3, 0.4) is 0 Å². The first-order valence-corrected chi connectivity index (χ1v) is 3.95. The van der Waals surface area contributed by atoms with Gasteiger partial charge < -0.3 is 5.73 Å². The standard InChI is InChI=1S/C8H17N/c1-6(2)8(9)5-7-3-4-7/h6-8H,3-5,9H2,1-2H3/t8-/m0/s1. The van der Waals surface area contributed by atoms with Gasteiger partial charge in [-0.1, -0.05) is 26.7 Å². The van der Waals surface area contributed by atoms with Crippen molar-refractivity contribution in [1.29, 1.82) is 0 Å². The van der Waals surface area contributed by atoms with Crippen molar-refractivity contribution in [3.63, 3.8) is 0 Å². The summed E-state index contributed by atoms with van der Waals surface area (Å²) >= 11 is 0. The molecule has 54 valence electrons. The van der Waals surface area contributed by atoms with E-state index in [4.69, 9.17) is 5.73 Å². The van der Waals surface area contributed by atoms with E-state index in [-0.39, 0.29) is 0 Å². The van der Waals surface area contributed by atoms with Gasteiger partial charge in [0.1, 0.15) is 0 Å². The third kappa shape index (κ3) is 2.35. The van der Waals surface area contributed by atoms with Crippen LogP contribution in [0.1, 0.15) is 33.1 Å². The first kappa shape index (κ1) is 7.07. The molecule has 1 atom stereocenters. The predicted molar refractivity (Wildman–Crippen MR) is 40.2 cm³/mol. The van der Waals surface area contributed by atoms with Gasteiger partial charge in [-0.05, 0) is 18.3 Å². The molecule has 0 aromatic heterocycles. The van der Waals surface area contributed by atoms with Crippen LogP contribution in [0.25, 0.3) is 0 Å². The molecule has 0 aromatic rings. The average Bonchev–Trinajstić information content (AvgIpc) is 2.50. The minimum Gasteiger partial charge on any atom is -0.327 e. The van der Waals surface area contributed by atoms with Crippen LogP contribution in [-0.4, -0.2) is 6.04 Å². The Balaban J connectivity index is 2.09. The van der Waals surface area contributed by atoms with Crippen molar-refractivity contribution >= 4 is 0 Å². The molecule has 1 fully saturated rings. The second-order valence-corrected chi connectivity index (χ2v) is 3.59. The van der Waals surface area contributed by atoms with E-state index in [1.807, 2.05) is 0 Å². The molecule has 1 aliphatic rings. The maximum atomic E-state index is 5.86. The van der Waals surface area contributed by atoms with E-state index in [1.54, 1.807) is 0 Å². The maximum Gasteiger partial charge on any atom is 0.00645 e. The molecule has 1 heteroatoms. The monoisotopic (exact) mass is 127 g/mol. The van der Waals surface area contributed by atoms with E-state index in [0.29, 0.717) is 12.0 Å². The van der Waals surface area contributed by atoms with Crippen LogP contribution >= 0.6 is 0 Å². The number of hydrogen-bond donors (Lipinski definition) is 1. The summed E-state index contributed by atoms with van der Waals surface area (Å²) in [5, 5.41) is 0. The van der Waals surface area contributed by atoms with Crippen molar-refractivity contribution in [3.8, 4) is 0 Å². The lowest BCUT2D eigenvalue weighted by molar-refractivity contribution is 0.443. The molecule has 0 radical (unpaired) electrons. The van der Waals surface area contributed by atoms with Crippen LogP contribution in [0.4, 0.5) is 0 Å². The third-order valence-electron chi connectivity index (χ3n) is 2.16. The number of nitrogens with two attached hydrogens (primary N) is 1. The van der Waals surface area contributed by atoms with Gasteiger partial charge in [-0.15, -0.1) is 0 Å². The number of rotatable bonds is 3. The summed E-state index contributed by atoms with van der Waals surface area (Å²) in [6.07, 6.45) is 4.12. The molecule has 1 nitrogen and oxygen atoms in total. The zero-order chi connectivity index (χ0) is 6.85. The van der Waals surface area contributed by atoms with E-state index >= 15 is 0 Å². The zero-order valence-electron chi connectivity index (χ0n) is 6.43. The van der Waals surface area contributed by atoms with Crippen molar-refractivity contribution in [1.82, 2.24) is 0 Å². The summed E-state index contributed by atoms with van der Waals surface area (Å²) < 4.78 is 0. The van der Waals surface area contributed by atoms with Crippen LogP contribution in [-0.2, 0) is 0 Å². The highest BCUT2D eigenvalue weighted by atomic mass is 14.6. The smallest absolute Gasteiger partial charge is 0.00645 e. The Morgan fingerprint density at radius 3 is 2.33 bits per heavy atom.